The van der Waals surface area contributed by atoms with Gasteiger partial charge in [0.2, 0.25) is 5.91 Å². The Morgan fingerprint density at radius 3 is 2.67 bits per heavy atom. The molecule has 0 spiro atoms. The number of carbonyl (C=O) groups is 1. The van der Waals surface area contributed by atoms with Crippen molar-refractivity contribution in [2.45, 2.75) is 19.5 Å². The Kier molecular flexibility index (Phi) is 5.70. The summed E-state index contributed by atoms with van der Waals surface area (Å²) in [5, 5.41) is 5.24. The third-order valence-corrected chi connectivity index (χ3v) is 3.65. The molecular formula is C17H22N4O3. The van der Waals surface area contributed by atoms with Crippen molar-refractivity contribution in [2.24, 2.45) is 0 Å². The lowest BCUT2D eigenvalue weighted by atomic mass is 10.0. The molecule has 0 fully saturated rings. The van der Waals surface area contributed by atoms with Gasteiger partial charge in [-0.15, -0.1) is 0 Å². The van der Waals surface area contributed by atoms with E-state index in [4.69, 9.17) is 0 Å². The quantitative estimate of drug-likeness (QED) is 0.796. The summed E-state index contributed by atoms with van der Waals surface area (Å²) in [7, 11) is 3.68. The van der Waals surface area contributed by atoms with Crippen LogP contribution >= 0.6 is 0 Å². The molecule has 2 rings (SSSR count). The minimum atomic E-state index is -0.420. The summed E-state index contributed by atoms with van der Waals surface area (Å²) in [6.07, 6.45) is 0. The Hall–Kier alpha value is -2.67. The molecule has 0 radical (unpaired) electrons. The molecule has 0 saturated heterocycles. The number of carbonyl (C=O) groups excluding carboxylic acids is 1. The van der Waals surface area contributed by atoms with Crippen LogP contribution in [0, 0.1) is 6.92 Å². The summed E-state index contributed by atoms with van der Waals surface area (Å²) < 4.78 is 1.18. The SMILES string of the molecule is Cc1cccc([C@H](C(=O)NCCn2[nH]c(=O)ccc2=O)N(C)C)c1. The zero-order valence-electron chi connectivity index (χ0n) is 14.1. The van der Waals surface area contributed by atoms with E-state index in [0.717, 1.165) is 11.1 Å². The van der Waals surface area contributed by atoms with Crippen LogP contribution in [-0.2, 0) is 11.3 Å². The fourth-order valence-corrected chi connectivity index (χ4v) is 2.54. The second-order valence-corrected chi connectivity index (χ2v) is 5.87. The monoisotopic (exact) mass is 330 g/mol. The highest BCUT2D eigenvalue weighted by molar-refractivity contribution is 5.83. The maximum atomic E-state index is 12.5. The summed E-state index contributed by atoms with van der Waals surface area (Å²) in [6.45, 7) is 2.43. The molecule has 2 aromatic rings. The first kappa shape index (κ1) is 17.7. The Bertz CT molecular complexity index is 823. The van der Waals surface area contributed by atoms with Crippen molar-refractivity contribution < 1.29 is 4.79 Å². The van der Waals surface area contributed by atoms with E-state index >= 15 is 0 Å². The summed E-state index contributed by atoms with van der Waals surface area (Å²) in [4.78, 5) is 37.2. The van der Waals surface area contributed by atoms with E-state index in [1.54, 1.807) is 0 Å². The molecule has 0 aliphatic rings. The fourth-order valence-electron chi connectivity index (χ4n) is 2.54. The number of aromatic nitrogens is 2. The second-order valence-electron chi connectivity index (χ2n) is 5.87. The molecule has 1 atom stereocenters. The van der Waals surface area contributed by atoms with Crippen molar-refractivity contribution in [2.75, 3.05) is 20.6 Å². The molecule has 7 heteroatoms. The van der Waals surface area contributed by atoms with Gasteiger partial charge in [-0.05, 0) is 26.6 Å². The predicted octanol–water partition coefficient (Wildman–Crippen LogP) is 0.264. The van der Waals surface area contributed by atoms with Gasteiger partial charge in [-0.2, -0.15) is 0 Å². The van der Waals surface area contributed by atoms with Crippen LogP contribution in [-0.4, -0.2) is 41.2 Å². The third-order valence-electron chi connectivity index (χ3n) is 3.65. The molecule has 0 aliphatic carbocycles. The van der Waals surface area contributed by atoms with E-state index in [9.17, 15) is 14.4 Å². The molecule has 0 bridgehead atoms. The van der Waals surface area contributed by atoms with Crippen molar-refractivity contribution in [3.8, 4) is 0 Å². The van der Waals surface area contributed by atoms with E-state index in [1.165, 1.54) is 16.8 Å². The van der Waals surface area contributed by atoms with Gasteiger partial charge in [0.25, 0.3) is 11.1 Å². The van der Waals surface area contributed by atoms with Crippen molar-refractivity contribution >= 4 is 5.91 Å². The fraction of sp³-hybridized carbons (Fsp3) is 0.353. The lowest BCUT2D eigenvalue weighted by Crippen LogP contribution is -2.40. The van der Waals surface area contributed by atoms with Gasteiger partial charge in [0.1, 0.15) is 6.04 Å². The van der Waals surface area contributed by atoms with E-state index in [-0.39, 0.29) is 30.1 Å². The van der Waals surface area contributed by atoms with E-state index in [2.05, 4.69) is 10.4 Å². The molecule has 7 nitrogen and oxygen atoms in total. The maximum absolute atomic E-state index is 12.5. The van der Waals surface area contributed by atoms with Crippen LogP contribution in [0.2, 0.25) is 0 Å². The number of nitrogens with one attached hydrogen (secondary N) is 2. The summed E-state index contributed by atoms with van der Waals surface area (Å²) >= 11 is 0. The molecule has 0 saturated carbocycles. The van der Waals surface area contributed by atoms with Gasteiger partial charge in [-0.3, -0.25) is 24.4 Å². The van der Waals surface area contributed by atoms with Crippen molar-refractivity contribution in [1.29, 1.82) is 0 Å². The van der Waals surface area contributed by atoms with Gasteiger partial charge in [0, 0.05) is 18.7 Å². The van der Waals surface area contributed by atoms with Crippen molar-refractivity contribution in [3.63, 3.8) is 0 Å². The Balaban J connectivity index is 2.05. The van der Waals surface area contributed by atoms with Gasteiger partial charge in [0.05, 0.1) is 6.54 Å². The number of rotatable bonds is 6. The third kappa shape index (κ3) is 4.42. The molecule has 1 amide bonds. The lowest BCUT2D eigenvalue weighted by Gasteiger charge is -2.24. The van der Waals surface area contributed by atoms with Gasteiger partial charge in [0.15, 0.2) is 0 Å². The van der Waals surface area contributed by atoms with Gasteiger partial charge < -0.3 is 5.32 Å². The number of benzene rings is 1. The summed E-state index contributed by atoms with van der Waals surface area (Å²) in [5.74, 6) is -0.156. The average molecular weight is 330 g/mol. The first-order chi connectivity index (χ1) is 11.4. The molecule has 1 aromatic carbocycles. The number of H-pyrrole nitrogens is 1. The van der Waals surface area contributed by atoms with Crippen molar-refractivity contribution in [3.05, 3.63) is 68.2 Å². The van der Waals surface area contributed by atoms with Crippen LogP contribution in [0.4, 0.5) is 0 Å². The highest BCUT2D eigenvalue weighted by Crippen LogP contribution is 2.19. The first-order valence-electron chi connectivity index (χ1n) is 7.69. The summed E-state index contributed by atoms with van der Waals surface area (Å²) in [5.41, 5.74) is 1.32. The summed E-state index contributed by atoms with van der Waals surface area (Å²) in [6, 6.07) is 9.75. The maximum Gasteiger partial charge on any atom is 0.265 e. The standard InChI is InChI=1S/C17H22N4O3/c1-12-5-4-6-13(11-12)16(20(2)3)17(24)18-9-10-21-15(23)8-7-14(22)19-21/h4-8,11,16H,9-10H2,1-3H3,(H,18,24)(H,19,22)/t16-/m1/s1. The van der Waals surface area contributed by atoms with Crippen LogP contribution in [0.3, 0.4) is 0 Å². The highest BCUT2D eigenvalue weighted by Gasteiger charge is 2.22. The lowest BCUT2D eigenvalue weighted by molar-refractivity contribution is -0.125. The Morgan fingerprint density at radius 1 is 1.25 bits per heavy atom. The number of hydrogen-bond acceptors (Lipinski definition) is 4. The van der Waals surface area contributed by atoms with Crippen LogP contribution in [0.1, 0.15) is 17.2 Å². The number of aromatic amines is 1. The largest absolute Gasteiger partial charge is 0.353 e. The minimum absolute atomic E-state index is 0.156. The molecular weight excluding hydrogens is 308 g/mol. The van der Waals surface area contributed by atoms with E-state index in [1.807, 2.05) is 50.2 Å². The number of aryl methyl sites for hydroxylation is 1. The molecule has 1 aromatic heterocycles. The number of nitrogens with zero attached hydrogens (tertiary/aromatic N) is 2. The Labute approximate surface area is 139 Å². The number of hydrogen-bond donors (Lipinski definition) is 2. The number of likely N-dealkylation sites (N-methyl/N-ethyl adjacent to an activating group) is 1. The Morgan fingerprint density at radius 2 is 2.00 bits per heavy atom. The van der Waals surface area contributed by atoms with E-state index < -0.39 is 6.04 Å². The van der Waals surface area contributed by atoms with Crippen LogP contribution in [0.5, 0.6) is 0 Å². The molecule has 128 valence electrons. The van der Waals surface area contributed by atoms with Crippen LogP contribution < -0.4 is 16.4 Å². The molecule has 24 heavy (non-hydrogen) atoms. The normalized spacial score (nSPS) is 12.2. The zero-order chi connectivity index (χ0) is 17.7. The van der Waals surface area contributed by atoms with Crippen LogP contribution in [0.25, 0.3) is 0 Å². The molecule has 1 heterocycles. The van der Waals surface area contributed by atoms with Crippen LogP contribution in [0.15, 0.2) is 46.0 Å². The smallest absolute Gasteiger partial charge is 0.265 e. The molecule has 0 aliphatic heterocycles. The van der Waals surface area contributed by atoms with Gasteiger partial charge in [-0.1, -0.05) is 29.8 Å². The predicted molar refractivity (Wildman–Crippen MR) is 91.9 cm³/mol. The van der Waals surface area contributed by atoms with Gasteiger partial charge >= 0.3 is 0 Å². The van der Waals surface area contributed by atoms with Crippen molar-refractivity contribution in [1.82, 2.24) is 20.0 Å². The van der Waals surface area contributed by atoms with Gasteiger partial charge in [-0.25, -0.2) is 4.68 Å². The number of amides is 1. The molecule has 2 N–H and O–H groups in total. The zero-order valence-corrected chi connectivity index (χ0v) is 14.1. The average Bonchev–Trinajstić information content (AvgIpc) is 2.50. The van der Waals surface area contributed by atoms with E-state index in [0.29, 0.717) is 0 Å². The molecule has 0 unspecified atom stereocenters. The topological polar surface area (TPSA) is 87.2 Å². The minimum Gasteiger partial charge on any atom is -0.353 e. The second kappa shape index (κ2) is 7.74. The first-order valence-corrected chi connectivity index (χ1v) is 7.69. The highest BCUT2D eigenvalue weighted by atomic mass is 16.2.